The number of ether oxygens (including phenoxy) is 1. The van der Waals surface area contributed by atoms with Gasteiger partial charge in [0.15, 0.2) is 0 Å². The van der Waals surface area contributed by atoms with Crippen molar-refractivity contribution in [2.75, 3.05) is 36.6 Å². The summed E-state index contributed by atoms with van der Waals surface area (Å²) in [5, 5.41) is 0. The van der Waals surface area contributed by atoms with Crippen molar-refractivity contribution >= 4 is 25.7 Å². The fourth-order valence-corrected chi connectivity index (χ4v) is 4.61. The topological polar surface area (TPSA) is 92.8 Å². The molecule has 0 radical (unpaired) electrons. The Kier molecular flexibility index (Phi) is 5.10. The van der Waals surface area contributed by atoms with E-state index >= 15 is 0 Å². The zero-order valence-electron chi connectivity index (χ0n) is 12.5. The van der Waals surface area contributed by atoms with Gasteiger partial charge >= 0.3 is 0 Å². The Hall–Kier alpha value is -1.16. The number of methoxy groups -OCH3 is 1. The van der Waals surface area contributed by atoms with E-state index in [0.717, 1.165) is 6.26 Å². The van der Waals surface area contributed by atoms with E-state index in [1.807, 2.05) is 0 Å². The number of nitrogens with zero attached hydrogens (tertiary/aromatic N) is 1. The number of nitrogens with one attached hydrogen (secondary N) is 1. The normalized spacial score (nSPS) is 19.0. The lowest BCUT2D eigenvalue weighted by atomic mass is 9.99. The molecule has 1 aliphatic rings. The highest BCUT2D eigenvalue weighted by molar-refractivity contribution is 7.92. The van der Waals surface area contributed by atoms with Crippen LogP contribution >= 0.6 is 0 Å². The number of anilines is 1. The zero-order chi connectivity index (χ0) is 16.4. The number of hydrogen-bond acceptors (Lipinski definition) is 5. The average molecular weight is 348 g/mol. The smallest absolute Gasteiger partial charge is 0.232 e. The van der Waals surface area contributed by atoms with Crippen LogP contribution in [0.25, 0.3) is 0 Å². The highest BCUT2D eigenvalue weighted by Crippen LogP contribution is 2.35. The molecule has 0 saturated carbocycles. The highest BCUT2D eigenvalue weighted by Gasteiger charge is 2.31. The van der Waals surface area contributed by atoms with Gasteiger partial charge in [-0.25, -0.2) is 21.6 Å². The van der Waals surface area contributed by atoms with Crippen LogP contribution in [0, 0.1) is 0 Å². The van der Waals surface area contributed by atoms with E-state index in [4.69, 9.17) is 4.74 Å². The van der Waals surface area contributed by atoms with Gasteiger partial charge in [-0.05, 0) is 18.1 Å². The average Bonchev–Trinajstić information content (AvgIpc) is 2.44. The third-order valence-electron chi connectivity index (χ3n) is 3.48. The number of hydrogen-bond donors (Lipinski definition) is 1. The molecule has 0 aromatic heterocycles. The van der Waals surface area contributed by atoms with Crippen molar-refractivity contribution in [3.8, 4) is 0 Å². The van der Waals surface area contributed by atoms with Crippen LogP contribution in [0.3, 0.4) is 0 Å². The molecule has 9 heteroatoms. The first kappa shape index (κ1) is 17.2. The van der Waals surface area contributed by atoms with Gasteiger partial charge in [0.1, 0.15) is 0 Å². The van der Waals surface area contributed by atoms with Crippen LogP contribution in [0.1, 0.15) is 18.0 Å². The SMILES string of the molecule is COCCS(=O)(=O)NC1CCN(S(C)(=O)=O)c2ccccc21. The van der Waals surface area contributed by atoms with Gasteiger partial charge in [-0.3, -0.25) is 4.31 Å². The van der Waals surface area contributed by atoms with E-state index in [0.29, 0.717) is 17.7 Å². The summed E-state index contributed by atoms with van der Waals surface area (Å²) in [7, 11) is -5.43. The number of rotatable bonds is 6. The minimum atomic E-state index is -3.48. The summed E-state index contributed by atoms with van der Waals surface area (Å²) in [6.45, 7) is 0.354. The summed E-state index contributed by atoms with van der Waals surface area (Å²) in [6.07, 6.45) is 1.53. The monoisotopic (exact) mass is 348 g/mol. The lowest BCUT2D eigenvalue weighted by Gasteiger charge is -2.34. The van der Waals surface area contributed by atoms with Crippen molar-refractivity contribution < 1.29 is 21.6 Å². The van der Waals surface area contributed by atoms with Crippen LogP contribution in [0.4, 0.5) is 5.69 Å². The van der Waals surface area contributed by atoms with Crippen LogP contribution in [-0.2, 0) is 24.8 Å². The van der Waals surface area contributed by atoms with E-state index in [1.165, 1.54) is 11.4 Å². The number of sulfonamides is 2. The summed E-state index contributed by atoms with van der Waals surface area (Å²) >= 11 is 0. The van der Waals surface area contributed by atoms with E-state index < -0.39 is 26.1 Å². The van der Waals surface area contributed by atoms with Crippen molar-refractivity contribution in [3.63, 3.8) is 0 Å². The van der Waals surface area contributed by atoms with Crippen LogP contribution in [-0.4, -0.2) is 49.1 Å². The molecule has 1 heterocycles. The van der Waals surface area contributed by atoms with Crippen molar-refractivity contribution in [3.05, 3.63) is 29.8 Å². The third kappa shape index (κ3) is 3.97. The molecule has 22 heavy (non-hydrogen) atoms. The maximum Gasteiger partial charge on any atom is 0.232 e. The third-order valence-corrected chi connectivity index (χ3v) is 6.01. The van der Waals surface area contributed by atoms with Crippen molar-refractivity contribution in [1.82, 2.24) is 4.72 Å². The molecule has 1 aromatic rings. The lowest BCUT2D eigenvalue weighted by Crippen LogP contribution is -2.41. The molecule has 0 fully saturated rings. The molecule has 7 nitrogen and oxygen atoms in total. The Bertz CT molecular complexity index is 731. The Morgan fingerprint density at radius 3 is 2.59 bits per heavy atom. The van der Waals surface area contributed by atoms with E-state index in [2.05, 4.69) is 4.72 Å². The van der Waals surface area contributed by atoms with Crippen LogP contribution < -0.4 is 9.03 Å². The summed E-state index contributed by atoms with van der Waals surface area (Å²) in [5.41, 5.74) is 1.19. The van der Waals surface area contributed by atoms with Gasteiger partial charge in [-0.1, -0.05) is 18.2 Å². The molecule has 0 spiro atoms. The minimum absolute atomic E-state index is 0.110. The van der Waals surface area contributed by atoms with Gasteiger partial charge in [0.05, 0.1) is 30.3 Å². The lowest BCUT2D eigenvalue weighted by molar-refractivity contribution is 0.216. The Morgan fingerprint density at radius 1 is 1.27 bits per heavy atom. The first-order valence-corrected chi connectivity index (χ1v) is 10.3. The fourth-order valence-electron chi connectivity index (χ4n) is 2.47. The van der Waals surface area contributed by atoms with E-state index in [1.54, 1.807) is 24.3 Å². The minimum Gasteiger partial charge on any atom is -0.384 e. The van der Waals surface area contributed by atoms with Crippen LogP contribution in [0.5, 0.6) is 0 Å². The summed E-state index contributed by atoms with van der Waals surface area (Å²) in [6, 6.07) is 6.50. The van der Waals surface area contributed by atoms with Crippen LogP contribution in [0.15, 0.2) is 24.3 Å². The summed E-state index contributed by atoms with van der Waals surface area (Å²) in [4.78, 5) is 0. The standard InChI is InChI=1S/C13H20N2O5S2/c1-20-9-10-22(18,19)14-12-7-8-15(21(2,16)17)13-6-4-3-5-11(12)13/h3-6,12,14H,7-10H2,1-2H3. The number of fused-ring (bicyclic) bond motifs is 1. The van der Waals surface area contributed by atoms with Gasteiger partial charge in [0, 0.05) is 13.7 Å². The fraction of sp³-hybridized carbons (Fsp3) is 0.538. The zero-order valence-corrected chi connectivity index (χ0v) is 14.2. The predicted octanol–water partition coefficient (Wildman–Crippen LogP) is 0.463. The molecule has 0 saturated heterocycles. The molecule has 1 aliphatic heterocycles. The van der Waals surface area contributed by atoms with Gasteiger partial charge in [-0.15, -0.1) is 0 Å². The van der Waals surface area contributed by atoms with Crippen molar-refractivity contribution in [2.45, 2.75) is 12.5 Å². The summed E-state index contributed by atoms with van der Waals surface area (Å²) < 4.78 is 56.5. The predicted molar refractivity (Wildman–Crippen MR) is 84.8 cm³/mol. The molecule has 1 aromatic carbocycles. The quantitative estimate of drug-likeness (QED) is 0.806. The molecule has 1 atom stereocenters. The van der Waals surface area contributed by atoms with Gasteiger partial charge in [0.25, 0.3) is 0 Å². The maximum absolute atomic E-state index is 12.0. The Balaban J connectivity index is 2.29. The van der Waals surface area contributed by atoms with Gasteiger partial charge < -0.3 is 4.74 Å². The molecule has 0 amide bonds. The first-order chi connectivity index (χ1) is 10.2. The van der Waals surface area contributed by atoms with Gasteiger partial charge in [-0.2, -0.15) is 0 Å². The number of para-hydroxylation sites is 1. The molecule has 1 unspecified atom stereocenters. The highest BCUT2D eigenvalue weighted by atomic mass is 32.2. The largest absolute Gasteiger partial charge is 0.384 e. The second kappa shape index (κ2) is 6.53. The van der Waals surface area contributed by atoms with E-state index in [-0.39, 0.29) is 18.9 Å². The van der Waals surface area contributed by atoms with Crippen molar-refractivity contribution in [2.24, 2.45) is 0 Å². The molecule has 2 rings (SSSR count). The Labute approximate surface area is 131 Å². The van der Waals surface area contributed by atoms with Crippen molar-refractivity contribution in [1.29, 1.82) is 0 Å². The molecule has 0 aliphatic carbocycles. The number of benzene rings is 1. The Morgan fingerprint density at radius 2 is 1.95 bits per heavy atom. The maximum atomic E-state index is 12.0. The second-order valence-electron chi connectivity index (χ2n) is 5.16. The molecule has 1 N–H and O–H groups in total. The molecular formula is C13H20N2O5S2. The van der Waals surface area contributed by atoms with Gasteiger partial charge in [0.2, 0.25) is 20.0 Å². The summed E-state index contributed by atoms with van der Waals surface area (Å²) in [5.74, 6) is -0.127. The second-order valence-corrected chi connectivity index (χ2v) is 8.94. The molecular weight excluding hydrogens is 328 g/mol. The van der Waals surface area contributed by atoms with Crippen LogP contribution in [0.2, 0.25) is 0 Å². The van der Waals surface area contributed by atoms with E-state index in [9.17, 15) is 16.8 Å². The molecule has 0 bridgehead atoms. The molecule has 124 valence electrons. The first-order valence-electron chi connectivity index (χ1n) is 6.80.